The SMILES string of the molecule is O=C(c1cccc(C(F)(F)F)c1)N1C[C@@H]2CN(C(=O)c3cc(OCc4ccccc4)ccc3O)C[C@@H]2C1. The molecule has 2 aliphatic heterocycles. The first-order chi connectivity index (χ1) is 17.7. The number of benzene rings is 3. The van der Waals surface area contributed by atoms with Crippen molar-refractivity contribution in [1.82, 2.24) is 9.80 Å². The second kappa shape index (κ2) is 9.80. The maximum absolute atomic E-state index is 13.2. The molecule has 2 amide bonds. The van der Waals surface area contributed by atoms with Crippen molar-refractivity contribution in [2.45, 2.75) is 12.8 Å². The van der Waals surface area contributed by atoms with E-state index in [4.69, 9.17) is 4.74 Å². The Bertz CT molecular complexity index is 1300. The van der Waals surface area contributed by atoms with Gasteiger partial charge in [-0.05, 0) is 42.0 Å². The summed E-state index contributed by atoms with van der Waals surface area (Å²) in [4.78, 5) is 29.3. The Hall–Kier alpha value is -4.01. The van der Waals surface area contributed by atoms with Gasteiger partial charge in [0, 0.05) is 43.6 Å². The summed E-state index contributed by atoms with van der Waals surface area (Å²) in [6, 6.07) is 18.6. The highest BCUT2D eigenvalue weighted by atomic mass is 19.4. The van der Waals surface area contributed by atoms with Gasteiger partial charge in [0.2, 0.25) is 0 Å². The number of phenols is 1. The summed E-state index contributed by atoms with van der Waals surface area (Å²) in [5.74, 6) is -0.429. The lowest BCUT2D eigenvalue weighted by molar-refractivity contribution is -0.137. The van der Waals surface area contributed by atoms with Crippen LogP contribution in [0.5, 0.6) is 11.5 Å². The number of likely N-dealkylation sites (tertiary alicyclic amines) is 2. The zero-order chi connectivity index (χ0) is 26.2. The molecule has 9 heteroatoms. The summed E-state index contributed by atoms with van der Waals surface area (Å²) in [5, 5.41) is 10.3. The molecule has 2 fully saturated rings. The average Bonchev–Trinajstić information content (AvgIpc) is 3.47. The van der Waals surface area contributed by atoms with Crippen molar-refractivity contribution in [1.29, 1.82) is 0 Å². The molecule has 0 unspecified atom stereocenters. The van der Waals surface area contributed by atoms with E-state index in [-0.39, 0.29) is 34.6 Å². The molecule has 3 aromatic rings. The third kappa shape index (κ3) is 5.26. The summed E-state index contributed by atoms with van der Waals surface area (Å²) in [5.41, 5.74) is 0.256. The third-order valence-corrected chi connectivity index (χ3v) is 6.94. The monoisotopic (exact) mass is 510 g/mol. The van der Waals surface area contributed by atoms with Gasteiger partial charge in [0.05, 0.1) is 11.1 Å². The summed E-state index contributed by atoms with van der Waals surface area (Å²) in [6.07, 6.45) is -4.52. The fraction of sp³-hybridized carbons (Fsp3) is 0.286. The van der Waals surface area contributed by atoms with E-state index in [0.717, 1.165) is 17.7 Å². The average molecular weight is 511 g/mol. The van der Waals surface area contributed by atoms with Gasteiger partial charge in [0.1, 0.15) is 18.1 Å². The van der Waals surface area contributed by atoms with Crippen molar-refractivity contribution in [2.75, 3.05) is 26.2 Å². The molecular formula is C28H25F3N2O4. The van der Waals surface area contributed by atoms with E-state index in [1.807, 2.05) is 30.3 Å². The van der Waals surface area contributed by atoms with Gasteiger partial charge in [-0.2, -0.15) is 13.2 Å². The van der Waals surface area contributed by atoms with Crippen molar-refractivity contribution in [3.05, 3.63) is 95.1 Å². The molecule has 0 spiro atoms. The molecule has 1 N–H and O–H groups in total. The quantitative estimate of drug-likeness (QED) is 0.534. The molecule has 37 heavy (non-hydrogen) atoms. The fourth-order valence-corrected chi connectivity index (χ4v) is 5.02. The zero-order valence-electron chi connectivity index (χ0n) is 19.8. The van der Waals surface area contributed by atoms with Gasteiger partial charge >= 0.3 is 6.18 Å². The first-order valence-corrected chi connectivity index (χ1v) is 11.9. The fourth-order valence-electron chi connectivity index (χ4n) is 5.02. The summed E-state index contributed by atoms with van der Waals surface area (Å²) in [6.45, 7) is 1.82. The molecule has 0 aliphatic carbocycles. The molecule has 2 saturated heterocycles. The van der Waals surface area contributed by atoms with Gasteiger partial charge in [0.15, 0.2) is 0 Å². The van der Waals surface area contributed by atoms with E-state index < -0.39 is 17.6 Å². The van der Waals surface area contributed by atoms with Crippen molar-refractivity contribution >= 4 is 11.8 Å². The molecule has 2 aliphatic rings. The van der Waals surface area contributed by atoms with Crippen LogP contribution in [0.15, 0.2) is 72.8 Å². The molecule has 0 bridgehead atoms. The predicted molar refractivity (Wildman–Crippen MR) is 129 cm³/mol. The lowest BCUT2D eigenvalue weighted by atomic mass is 10.0. The first kappa shape index (κ1) is 24.7. The van der Waals surface area contributed by atoms with Crippen molar-refractivity contribution < 1.29 is 32.6 Å². The van der Waals surface area contributed by atoms with Gasteiger partial charge in [-0.1, -0.05) is 36.4 Å². The van der Waals surface area contributed by atoms with Crippen LogP contribution in [0.1, 0.15) is 31.8 Å². The second-order valence-electron chi connectivity index (χ2n) is 9.47. The van der Waals surface area contributed by atoms with Crippen LogP contribution in [-0.2, 0) is 12.8 Å². The molecular weight excluding hydrogens is 485 g/mol. The minimum Gasteiger partial charge on any atom is -0.507 e. The number of nitrogens with zero attached hydrogens (tertiary/aromatic N) is 2. The van der Waals surface area contributed by atoms with Crippen LogP contribution in [0, 0.1) is 11.8 Å². The number of carbonyl (C=O) groups excluding carboxylic acids is 2. The zero-order valence-corrected chi connectivity index (χ0v) is 19.8. The normalized spacial score (nSPS) is 19.1. The Morgan fingerprint density at radius 2 is 1.49 bits per heavy atom. The van der Waals surface area contributed by atoms with E-state index in [9.17, 15) is 27.9 Å². The van der Waals surface area contributed by atoms with Crippen LogP contribution in [0.25, 0.3) is 0 Å². The van der Waals surface area contributed by atoms with E-state index in [1.165, 1.54) is 24.3 Å². The number of hydrogen-bond donors (Lipinski definition) is 1. The standard InChI is InChI=1S/C28H25F3N2O4/c29-28(30,31)22-8-4-7-19(11-22)26(35)32-13-20-15-33(16-21(20)14-32)27(36)24-12-23(9-10-25(24)34)37-17-18-5-2-1-3-6-18/h1-12,20-21,34H,13-17H2/t20-,21+. The number of hydrogen-bond acceptors (Lipinski definition) is 4. The number of phenolic OH excluding ortho intramolecular Hbond substituents is 1. The van der Waals surface area contributed by atoms with E-state index >= 15 is 0 Å². The third-order valence-electron chi connectivity index (χ3n) is 6.94. The smallest absolute Gasteiger partial charge is 0.416 e. The van der Waals surface area contributed by atoms with Crippen molar-refractivity contribution in [3.8, 4) is 11.5 Å². The summed E-state index contributed by atoms with van der Waals surface area (Å²) in [7, 11) is 0. The van der Waals surface area contributed by atoms with E-state index in [2.05, 4.69) is 0 Å². The number of amides is 2. The predicted octanol–water partition coefficient (Wildman–Crippen LogP) is 4.83. The molecule has 3 aromatic carbocycles. The Labute approximate surface area is 211 Å². The lowest BCUT2D eigenvalue weighted by Crippen LogP contribution is -2.35. The number of ether oxygens (including phenoxy) is 1. The minimum absolute atomic E-state index is 0.0000269. The van der Waals surface area contributed by atoms with Gasteiger partial charge in [-0.15, -0.1) is 0 Å². The molecule has 0 radical (unpaired) electrons. The number of aromatic hydroxyl groups is 1. The Morgan fingerprint density at radius 1 is 0.838 bits per heavy atom. The maximum Gasteiger partial charge on any atom is 0.416 e. The van der Waals surface area contributed by atoms with Gasteiger partial charge in [-0.3, -0.25) is 9.59 Å². The van der Waals surface area contributed by atoms with Crippen molar-refractivity contribution in [3.63, 3.8) is 0 Å². The van der Waals surface area contributed by atoms with E-state index in [1.54, 1.807) is 15.9 Å². The van der Waals surface area contributed by atoms with Crippen LogP contribution in [0.4, 0.5) is 13.2 Å². The molecule has 0 saturated carbocycles. The molecule has 2 heterocycles. The largest absolute Gasteiger partial charge is 0.507 e. The van der Waals surface area contributed by atoms with Gasteiger partial charge in [0.25, 0.3) is 11.8 Å². The van der Waals surface area contributed by atoms with Gasteiger partial charge < -0.3 is 19.6 Å². The molecule has 2 atom stereocenters. The highest BCUT2D eigenvalue weighted by Crippen LogP contribution is 2.35. The highest BCUT2D eigenvalue weighted by molar-refractivity contribution is 5.97. The van der Waals surface area contributed by atoms with E-state index in [0.29, 0.717) is 38.5 Å². The Morgan fingerprint density at radius 3 is 2.14 bits per heavy atom. The first-order valence-electron chi connectivity index (χ1n) is 11.9. The summed E-state index contributed by atoms with van der Waals surface area (Å²) < 4.78 is 44.9. The summed E-state index contributed by atoms with van der Waals surface area (Å²) >= 11 is 0. The second-order valence-corrected chi connectivity index (χ2v) is 9.47. The van der Waals surface area contributed by atoms with Crippen molar-refractivity contribution in [2.24, 2.45) is 11.8 Å². The molecule has 0 aromatic heterocycles. The van der Waals surface area contributed by atoms with Crippen LogP contribution in [-0.4, -0.2) is 52.9 Å². The van der Waals surface area contributed by atoms with Crippen LogP contribution in [0.3, 0.4) is 0 Å². The molecule has 192 valence electrons. The maximum atomic E-state index is 13.2. The van der Waals surface area contributed by atoms with Crippen LogP contribution in [0.2, 0.25) is 0 Å². The Kier molecular flexibility index (Phi) is 6.54. The number of fused-ring (bicyclic) bond motifs is 1. The molecule has 6 nitrogen and oxygen atoms in total. The minimum atomic E-state index is -4.52. The Balaban J connectivity index is 1.22. The lowest BCUT2D eigenvalue weighted by Gasteiger charge is -2.22. The van der Waals surface area contributed by atoms with Crippen LogP contribution >= 0.6 is 0 Å². The topological polar surface area (TPSA) is 70.1 Å². The number of rotatable bonds is 5. The number of carbonyl (C=O) groups is 2. The highest BCUT2D eigenvalue weighted by Gasteiger charge is 2.44. The molecule has 5 rings (SSSR count). The number of alkyl halides is 3. The van der Waals surface area contributed by atoms with Gasteiger partial charge in [-0.25, -0.2) is 0 Å². The van der Waals surface area contributed by atoms with Crippen LogP contribution < -0.4 is 4.74 Å². The number of halogens is 3.